The van der Waals surface area contributed by atoms with Crippen LogP contribution >= 0.6 is 11.6 Å². The van der Waals surface area contributed by atoms with Gasteiger partial charge < -0.3 is 15.4 Å². The van der Waals surface area contributed by atoms with Gasteiger partial charge >= 0.3 is 0 Å². The van der Waals surface area contributed by atoms with Crippen LogP contribution in [0.25, 0.3) is 0 Å². The largest absolute Gasteiger partial charge is 0.371 e. The molecule has 0 saturated carbocycles. The molecule has 2 heterocycles. The SMILES string of the molecule is NCc1ccc(N2CC3CCC(C2)O3)c(Cl)c1. The number of ether oxygens (including phenoxy) is 1. The fourth-order valence-corrected chi connectivity index (χ4v) is 3.07. The molecule has 1 aromatic carbocycles. The van der Waals surface area contributed by atoms with E-state index in [0.29, 0.717) is 18.8 Å². The zero-order chi connectivity index (χ0) is 11.8. The van der Waals surface area contributed by atoms with Crippen molar-refractivity contribution in [1.82, 2.24) is 0 Å². The first-order valence-electron chi connectivity index (χ1n) is 6.15. The summed E-state index contributed by atoms with van der Waals surface area (Å²) in [4.78, 5) is 2.34. The van der Waals surface area contributed by atoms with Crippen molar-refractivity contribution in [3.05, 3.63) is 28.8 Å². The maximum absolute atomic E-state index is 6.32. The lowest BCUT2D eigenvalue weighted by Crippen LogP contribution is -2.42. The number of nitrogens with two attached hydrogens (primary N) is 1. The normalized spacial score (nSPS) is 27.5. The first kappa shape index (κ1) is 11.3. The molecule has 0 aliphatic carbocycles. The van der Waals surface area contributed by atoms with Gasteiger partial charge in [0.15, 0.2) is 0 Å². The first-order chi connectivity index (χ1) is 8.26. The second-order valence-corrected chi connectivity index (χ2v) is 5.26. The van der Waals surface area contributed by atoms with Crippen molar-refractivity contribution in [2.75, 3.05) is 18.0 Å². The molecule has 1 aromatic rings. The van der Waals surface area contributed by atoms with Crippen LogP contribution < -0.4 is 10.6 Å². The summed E-state index contributed by atoms with van der Waals surface area (Å²) < 4.78 is 5.83. The van der Waals surface area contributed by atoms with Crippen LogP contribution in [0.15, 0.2) is 18.2 Å². The molecule has 0 radical (unpaired) electrons. The Morgan fingerprint density at radius 2 is 2.00 bits per heavy atom. The molecule has 2 atom stereocenters. The molecule has 2 N–H and O–H groups in total. The average Bonchev–Trinajstić information content (AvgIpc) is 2.68. The molecule has 2 aliphatic heterocycles. The Kier molecular flexibility index (Phi) is 2.99. The highest BCUT2D eigenvalue weighted by Gasteiger charge is 2.34. The lowest BCUT2D eigenvalue weighted by atomic mass is 10.1. The molecule has 2 bridgehead atoms. The molecule has 3 rings (SSSR count). The summed E-state index contributed by atoms with van der Waals surface area (Å²) in [6, 6.07) is 6.10. The Labute approximate surface area is 106 Å². The van der Waals surface area contributed by atoms with E-state index < -0.39 is 0 Å². The van der Waals surface area contributed by atoms with E-state index in [1.807, 2.05) is 6.07 Å². The van der Waals surface area contributed by atoms with Crippen molar-refractivity contribution in [1.29, 1.82) is 0 Å². The quantitative estimate of drug-likeness (QED) is 0.877. The zero-order valence-corrected chi connectivity index (χ0v) is 10.5. The molecular weight excluding hydrogens is 236 g/mol. The number of hydrogen-bond acceptors (Lipinski definition) is 3. The van der Waals surface area contributed by atoms with Crippen LogP contribution in [0.2, 0.25) is 5.02 Å². The van der Waals surface area contributed by atoms with E-state index in [1.54, 1.807) is 0 Å². The van der Waals surface area contributed by atoms with Crippen LogP contribution in [0.1, 0.15) is 18.4 Å². The summed E-state index contributed by atoms with van der Waals surface area (Å²) in [5.41, 5.74) is 7.80. The average molecular weight is 253 g/mol. The van der Waals surface area contributed by atoms with E-state index in [1.165, 1.54) is 12.8 Å². The third-order valence-corrected chi connectivity index (χ3v) is 3.93. The minimum absolute atomic E-state index is 0.388. The minimum Gasteiger partial charge on any atom is -0.371 e. The Morgan fingerprint density at radius 1 is 1.29 bits per heavy atom. The predicted octanol–water partition coefficient (Wildman–Crippen LogP) is 2.17. The topological polar surface area (TPSA) is 38.5 Å². The Bertz CT molecular complexity index is 412. The monoisotopic (exact) mass is 252 g/mol. The second-order valence-electron chi connectivity index (χ2n) is 4.85. The molecule has 2 aliphatic rings. The number of halogens is 1. The van der Waals surface area contributed by atoms with Gasteiger partial charge in [-0.25, -0.2) is 0 Å². The van der Waals surface area contributed by atoms with Crippen LogP contribution in [-0.4, -0.2) is 25.3 Å². The second kappa shape index (κ2) is 4.48. The number of fused-ring (bicyclic) bond motifs is 2. The van der Waals surface area contributed by atoms with Crippen LogP contribution in [0.5, 0.6) is 0 Å². The van der Waals surface area contributed by atoms with Gasteiger partial charge in [0.25, 0.3) is 0 Å². The smallest absolute Gasteiger partial charge is 0.0755 e. The number of rotatable bonds is 2. The minimum atomic E-state index is 0.388. The molecule has 0 aromatic heterocycles. The van der Waals surface area contributed by atoms with Crippen molar-refractivity contribution in [2.24, 2.45) is 5.73 Å². The summed E-state index contributed by atoms with van der Waals surface area (Å²) in [7, 11) is 0. The molecule has 17 heavy (non-hydrogen) atoms. The Balaban J connectivity index is 1.84. The van der Waals surface area contributed by atoms with E-state index in [0.717, 1.165) is 29.4 Å². The van der Waals surface area contributed by atoms with Crippen LogP contribution in [-0.2, 0) is 11.3 Å². The van der Waals surface area contributed by atoms with Gasteiger partial charge in [0.2, 0.25) is 0 Å². The van der Waals surface area contributed by atoms with Crippen molar-refractivity contribution in [2.45, 2.75) is 31.6 Å². The molecular formula is C13H17ClN2O. The van der Waals surface area contributed by atoms with Gasteiger partial charge in [-0.1, -0.05) is 17.7 Å². The third-order valence-electron chi connectivity index (χ3n) is 3.63. The highest BCUT2D eigenvalue weighted by molar-refractivity contribution is 6.33. The van der Waals surface area contributed by atoms with E-state index in [2.05, 4.69) is 17.0 Å². The van der Waals surface area contributed by atoms with E-state index in [9.17, 15) is 0 Å². The van der Waals surface area contributed by atoms with Crippen LogP contribution in [0, 0.1) is 0 Å². The van der Waals surface area contributed by atoms with Gasteiger partial charge in [-0.2, -0.15) is 0 Å². The van der Waals surface area contributed by atoms with Crippen molar-refractivity contribution >= 4 is 17.3 Å². The lowest BCUT2D eigenvalue weighted by molar-refractivity contribution is 0.0305. The number of nitrogens with zero attached hydrogens (tertiary/aromatic N) is 1. The number of anilines is 1. The first-order valence-corrected chi connectivity index (χ1v) is 6.53. The van der Waals surface area contributed by atoms with E-state index >= 15 is 0 Å². The summed E-state index contributed by atoms with van der Waals surface area (Å²) in [5.74, 6) is 0. The fourth-order valence-electron chi connectivity index (χ4n) is 2.75. The van der Waals surface area contributed by atoms with Gasteiger partial charge in [-0.3, -0.25) is 0 Å². The van der Waals surface area contributed by atoms with Gasteiger partial charge in [0.05, 0.1) is 22.9 Å². The summed E-state index contributed by atoms with van der Waals surface area (Å²) in [5, 5.41) is 0.800. The molecule has 4 heteroatoms. The molecule has 92 valence electrons. The molecule has 2 saturated heterocycles. The van der Waals surface area contributed by atoms with Gasteiger partial charge in [-0.15, -0.1) is 0 Å². The lowest BCUT2D eigenvalue weighted by Gasteiger charge is -2.34. The van der Waals surface area contributed by atoms with Crippen molar-refractivity contribution in [3.63, 3.8) is 0 Å². The van der Waals surface area contributed by atoms with Crippen LogP contribution in [0.3, 0.4) is 0 Å². The van der Waals surface area contributed by atoms with Gasteiger partial charge in [0, 0.05) is 19.6 Å². The molecule has 0 spiro atoms. The van der Waals surface area contributed by atoms with Crippen LogP contribution in [0.4, 0.5) is 5.69 Å². The molecule has 2 fully saturated rings. The maximum Gasteiger partial charge on any atom is 0.0755 e. The Morgan fingerprint density at radius 3 is 2.59 bits per heavy atom. The summed E-state index contributed by atoms with van der Waals surface area (Å²) >= 11 is 6.32. The summed E-state index contributed by atoms with van der Waals surface area (Å²) in [6.07, 6.45) is 3.14. The van der Waals surface area contributed by atoms with Crippen molar-refractivity contribution < 1.29 is 4.74 Å². The molecule has 3 nitrogen and oxygen atoms in total. The summed E-state index contributed by atoms with van der Waals surface area (Å²) in [6.45, 7) is 2.45. The van der Waals surface area contributed by atoms with E-state index in [4.69, 9.17) is 22.1 Å². The Hall–Kier alpha value is -0.770. The number of hydrogen-bond donors (Lipinski definition) is 1. The zero-order valence-electron chi connectivity index (χ0n) is 9.73. The van der Waals surface area contributed by atoms with E-state index in [-0.39, 0.29) is 0 Å². The predicted molar refractivity (Wildman–Crippen MR) is 69.5 cm³/mol. The third kappa shape index (κ3) is 2.15. The fraction of sp³-hybridized carbons (Fsp3) is 0.538. The number of morpholine rings is 1. The molecule has 0 amide bonds. The standard InChI is InChI=1S/C13H17ClN2O/c14-12-5-9(6-15)1-4-13(12)16-7-10-2-3-11(8-16)17-10/h1,4-5,10-11H,2-3,6-8,15H2. The highest BCUT2D eigenvalue weighted by atomic mass is 35.5. The maximum atomic E-state index is 6.32. The molecule has 2 unspecified atom stereocenters. The number of benzene rings is 1. The highest BCUT2D eigenvalue weighted by Crippen LogP contribution is 2.33. The van der Waals surface area contributed by atoms with Crippen molar-refractivity contribution in [3.8, 4) is 0 Å². The van der Waals surface area contributed by atoms with Gasteiger partial charge in [-0.05, 0) is 30.5 Å². The van der Waals surface area contributed by atoms with Gasteiger partial charge in [0.1, 0.15) is 0 Å².